The van der Waals surface area contributed by atoms with Gasteiger partial charge >= 0.3 is 0 Å². The molecule has 3 aromatic rings. The van der Waals surface area contributed by atoms with E-state index in [1.165, 1.54) is 11.3 Å². The summed E-state index contributed by atoms with van der Waals surface area (Å²) in [5.74, 6) is 0.695. The first kappa shape index (κ1) is 20.7. The molecule has 0 spiro atoms. The molecule has 1 atom stereocenters. The Hall–Kier alpha value is -2.17. The molecular weight excluding hydrogens is 405 g/mol. The van der Waals surface area contributed by atoms with Crippen molar-refractivity contribution in [3.63, 3.8) is 0 Å². The number of para-hydroxylation sites is 1. The number of fused-ring (bicyclic) bond motifs is 5. The van der Waals surface area contributed by atoms with Gasteiger partial charge in [0.25, 0.3) is 0 Å². The second-order valence-corrected chi connectivity index (χ2v) is 13.3. The van der Waals surface area contributed by atoms with Gasteiger partial charge < -0.3 is 20.2 Å². The van der Waals surface area contributed by atoms with Crippen LogP contribution >= 0.6 is 7.14 Å². The van der Waals surface area contributed by atoms with Crippen molar-refractivity contribution in [2.45, 2.75) is 57.5 Å². The number of piperidine rings is 1. The molecule has 0 unspecified atom stereocenters. The summed E-state index contributed by atoms with van der Waals surface area (Å²) in [7, 11) is -2.39. The number of hydrogen-bond acceptors (Lipinski definition) is 5. The third-order valence-electron chi connectivity index (χ3n) is 6.72. The Balaban J connectivity index is 1.56. The molecule has 0 amide bonds. The molecule has 164 valence electrons. The normalized spacial score (nSPS) is 20.7. The van der Waals surface area contributed by atoms with Gasteiger partial charge in [0, 0.05) is 46.3 Å². The molecule has 0 bridgehead atoms. The number of nitrogens with zero attached hydrogens (tertiary/aromatic N) is 2. The van der Waals surface area contributed by atoms with Crippen molar-refractivity contribution in [3.05, 3.63) is 35.7 Å². The Kier molecular flexibility index (Phi) is 4.98. The molecule has 3 N–H and O–H groups in total. The van der Waals surface area contributed by atoms with Crippen LogP contribution in [0.5, 0.6) is 0 Å². The van der Waals surface area contributed by atoms with E-state index in [0.717, 1.165) is 66.1 Å². The lowest BCUT2D eigenvalue weighted by Crippen LogP contribution is -2.50. The Morgan fingerprint density at radius 3 is 2.81 bits per heavy atom. The summed E-state index contributed by atoms with van der Waals surface area (Å²) >= 11 is 0. The largest absolute Gasteiger partial charge is 0.357 e. The summed E-state index contributed by atoms with van der Waals surface area (Å²) in [6, 6.07) is 6.47. The molecule has 1 aliphatic carbocycles. The number of anilines is 1. The van der Waals surface area contributed by atoms with Gasteiger partial charge in [-0.05, 0) is 70.9 Å². The van der Waals surface area contributed by atoms with E-state index in [1.807, 2.05) is 31.7 Å². The molecule has 0 saturated carbocycles. The number of H-pyrrole nitrogens is 1. The van der Waals surface area contributed by atoms with Gasteiger partial charge in [-0.25, -0.2) is 9.97 Å². The minimum atomic E-state index is -2.39. The number of rotatable bonds is 3. The van der Waals surface area contributed by atoms with Crippen LogP contribution in [0.15, 0.2) is 24.4 Å². The Morgan fingerprint density at radius 2 is 2.06 bits per heavy atom. The van der Waals surface area contributed by atoms with Gasteiger partial charge in [-0.2, -0.15) is 0 Å². The molecule has 31 heavy (non-hydrogen) atoms. The van der Waals surface area contributed by atoms with Crippen LogP contribution in [-0.2, 0) is 17.4 Å². The lowest BCUT2D eigenvalue weighted by molar-refractivity contribution is 0.289. The first-order valence-electron chi connectivity index (χ1n) is 11.3. The lowest BCUT2D eigenvalue weighted by atomic mass is 9.91. The first-order valence-corrected chi connectivity index (χ1v) is 13.9. The topological polar surface area (TPSA) is 82.7 Å². The third kappa shape index (κ3) is 3.92. The van der Waals surface area contributed by atoms with Crippen LogP contribution in [0.1, 0.15) is 44.4 Å². The molecule has 0 radical (unpaired) electrons. The maximum absolute atomic E-state index is 12.9. The maximum Gasteiger partial charge on any atom is 0.223 e. The highest BCUT2D eigenvalue weighted by molar-refractivity contribution is 7.70. The summed E-state index contributed by atoms with van der Waals surface area (Å²) < 4.78 is 12.9. The summed E-state index contributed by atoms with van der Waals surface area (Å²) in [6.45, 7) is 9.09. The molecule has 1 aromatic carbocycles. The minimum Gasteiger partial charge on any atom is -0.357 e. The van der Waals surface area contributed by atoms with E-state index in [-0.39, 0.29) is 5.54 Å². The summed E-state index contributed by atoms with van der Waals surface area (Å²) in [5, 5.41) is 9.20. The molecule has 6 nitrogen and oxygen atoms in total. The number of aryl methyl sites for hydroxylation is 2. The average Bonchev–Trinajstić information content (AvgIpc) is 2.98. The fraction of sp³-hybridized carbons (Fsp3) is 0.500. The molecule has 2 aromatic heterocycles. The van der Waals surface area contributed by atoms with Crippen molar-refractivity contribution in [2.24, 2.45) is 0 Å². The van der Waals surface area contributed by atoms with E-state index in [9.17, 15) is 4.57 Å². The zero-order valence-electron chi connectivity index (χ0n) is 18.9. The summed E-state index contributed by atoms with van der Waals surface area (Å²) in [4.78, 5) is 13.3. The number of benzene rings is 1. The van der Waals surface area contributed by atoms with Gasteiger partial charge in [-0.1, -0.05) is 12.1 Å². The van der Waals surface area contributed by atoms with Crippen LogP contribution in [0.2, 0.25) is 0 Å². The van der Waals surface area contributed by atoms with Crippen molar-refractivity contribution in [1.82, 2.24) is 20.3 Å². The van der Waals surface area contributed by atoms with E-state index in [2.05, 4.69) is 40.5 Å². The van der Waals surface area contributed by atoms with Gasteiger partial charge in [0.15, 0.2) is 0 Å². The molecule has 7 heteroatoms. The van der Waals surface area contributed by atoms with Crippen molar-refractivity contribution < 1.29 is 4.57 Å². The quantitative estimate of drug-likeness (QED) is 0.532. The summed E-state index contributed by atoms with van der Waals surface area (Å²) in [5.41, 5.74) is 5.75. The SMILES string of the molecule is CC1(C)CC[C@H](Nc2ncc3c(n2)-c2c([nH]c4c(P(C)(C)=O)cccc24)CCC3)CN1. The van der Waals surface area contributed by atoms with Gasteiger partial charge in [-0.15, -0.1) is 0 Å². The van der Waals surface area contributed by atoms with Crippen molar-refractivity contribution in [2.75, 3.05) is 25.2 Å². The molecule has 3 heterocycles. The van der Waals surface area contributed by atoms with Crippen LogP contribution in [0.25, 0.3) is 22.2 Å². The molecular formula is C24H32N5OP. The number of aromatic nitrogens is 3. The van der Waals surface area contributed by atoms with Crippen molar-refractivity contribution in [3.8, 4) is 11.3 Å². The van der Waals surface area contributed by atoms with E-state index in [0.29, 0.717) is 12.0 Å². The predicted octanol–water partition coefficient (Wildman–Crippen LogP) is 4.30. The van der Waals surface area contributed by atoms with E-state index < -0.39 is 7.14 Å². The maximum atomic E-state index is 12.9. The second kappa shape index (κ2) is 7.46. The highest BCUT2D eigenvalue weighted by atomic mass is 31.2. The number of nitrogens with one attached hydrogen (secondary N) is 3. The van der Waals surface area contributed by atoms with Crippen LogP contribution in [-0.4, -0.2) is 46.4 Å². The highest BCUT2D eigenvalue weighted by Crippen LogP contribution is 2.42. The Labute approximate surface area is 184 Å². The van der Waals surface area contributed by atoms with Crippen LogP contribution < -0.4 is 15.9 Å². The Bertz CT molecular complexity index is 1180. The van der Waals surface area contributed by atoms with Crippen molar-refractivity contribution in [1.29, 1.82) is 0 Å². The van der Waals surface area contributed by atoms with Crippen molar-refractivity contribution >= 4 is 29.3 Å². The van der Waals surface area contributed by atoms with Gasteiger partial charge in [0.1, 0.15) is 7.14 Å². The molecule has 2 aliphatic rings. The minimum absolute atomic E-state index is 0.196. The summed E-state index contributed by atoms with van der Waals surface area (Å²) in [6.07, 6.45) is 7.20. The molecule has 5 rings (SSSR count). The third-order valence-corrected chi connectivity index (χ3v) is 8.25. The fourth-order valence-corrected chi connectivity index (χ4v) is 6.08. The average molecular weight is 438 g/mol. The van der Waals surface area contributed by atoms with Gasteiger partial charge in [-0.3, -0.25) is 0 Å². The smallest absolute Gasteiger partial charge is 0.223 e. The first-order chi connectivity index (χ1) is 14.7. The number of hydrogen-bond donors (Lipinski definition) is 3. The van der Waals surface area contributed by atoms with Crippen LogP contribution in [0.3, 0.4) is 0 Å². The zero-order valence-corrected chi connectivity index (χ0v) is 19.8. The van der Waals surface area contributed by atoms with E-state index in [4.69, 9.17) is 4.98 Å². The highest BCUT2D eigenvalue weighted by Gasteiger charge is 2.28. The van der Waals surface area contributed by atoms with E-state index in [1.54, 1.807) is 0 Å². The second-order valence-electron chi connectivity index (χ2n) is 10.1. The van der Waals surface area contributed by atoms with E-state index >= 15 is 0 Å². The zero-order chi connectivity index (χ0) is 21.8. The lowest BCUT2D eigenvalue weighted by Gasteiger charge is -2.36. The standard InChI is InChI=1S/C24H32N5OP/c1-24(2)12-11-16(14-26-24)27-23-25-13-15-7-5-9-18-20(21(15)29-23)17-8-6-10-19(22(17)28-18)31(3,4)30/h6,8,10,13,16,26,28H,5,7,9,11-12,14H2,1-4H3,(H,25,27,29)/t16-/m0/s1. The predicted molar refractivity (Wildman–Crippen MR) is 129 cm³/mol. The number of aromatic amines is 1. The van der Waals surface area contributed by atoms with Crippen LogP contribution in [0, 0.1) is 0 Å². The molecule has 1 fully saturated rings. The monoisotopic (exact) mass is 437 g/mol. The van der Waals surface area contributed by atoms with Gasteiger partial charge in [0.2, 0.25) is 5.95 Å². The van der Waals surface area contributed by atoms with Crippen LogP contribution in [0.4, 0.5) is 5.95 Å². The molecule has 1 aliphatic heterocycles. The Morgan fingerprint density at radius 1 is 1.23 bits per heavy atom. The fourth-order valence-electron chi connectivity index (χ4n) is 4.92. The van der Waals surface area contributed by atoms with Gasteiger partial charge in [0.05, 0.1) is 11.2 Å². The molecule has 1 saturated heterocycles.